The van der Waals surface area contributed by atoms with E-state index < -0.39 is 10.2 Å². The van der Waals surface area contributed by atoms with Gasteiger partial charge in [0.15, 0.2) is 0 Å². The maximum Gasteiger partial charge on any atom is 0.282 e. The molecule has 1 heterocycles. The first-order valence-corrected chi connectivity index (χ1v) is 12.2. The first-order valence-electron chi connectivity index (χ1n) is 10.8. The van der Waals surface area contributed by atoms with Gasteiger partial charge in [-0.1, -0.05) is 34.6 Å². The average molecular weight is 388 g/mol. The minimum absolute atomic E-state index is 0.191. The lowest BCUT2D eigenvalue weighted by Crippen LogP contribution is -2.53. The van der Waals surface area contributed by atoms with Gasteiger partial charge in [0.1, 0.15) is 0 Å². The highest BCUT2D eigenvalue weighted by Crippen LogP contribution is 2.35. The monoisotopic (exact) mass is 387 g/mol. The van der Waals surface area contributed by atoms with Gasteiger partial charge in [0.2, 0.25) is 0 Å². The molecule has 154 valence electrons. The third kappa shape index (κ3) is 6.18. The van der Waals surface area contributed by atoms with Crippen LogP contribution in [0.4, 0.5) is 0 Å². The summed E-state index contributed by atoms with van der Waals surface area (Å²) in [6.07, 6.45) is 5.90. The number of piperidine rings is 1. The average Bonchev–Trinajstić information content (AvgIpc) is 3.39. The Kier molecular flexibility index (Phi) is 8.38. The fraction of sp³-hybridized carbons (Fsp3) is 1.00. The molecule has 0 radical (unpaired) electrons. The van der Waals surface area contributed by atoms with Crippen molar-refractivity contribution in [3.8, 4) is 0 Å². The summed E-state index contributed by atoms with van der Waals surface area (Å²) in [5, 5.41) is 0. The lowest BCUT2D eigenvalue weighted by Gasteiger charge is -2.40. The molecule has 0 amide bonds. The van der Waals surface area contributed by atoms with Crippen LogP contribution in [0.15, 0.2) is 0 Å². The molecule has 6 heteroatoms. The van der Waals surface area contributed by atoms with Crippen LogP contribution in [-0.2, 0) is 10.2 Å². The van der Waals surface area contributed by atoms with Crippen molar-refractivity contribution in [3.05, 3.63) is 0 Å². The maximum absolute atomic E-state index is 13.6. The van der Waals surface area contributed by atoms with Crippen molar-refractivity contribution in [1.29, 1.82) is 0 Å². The van der Waals surface area contributed by atoms with Gasteiger partial charge in [-0.05, 0) is 70.0 Å². The first-order chi connectivity index (χ1) is 12.3. The minimum Gasteiger partial charge on any atom is -0.303 e. The molecule has 2 rings (SSSR count). The van der Waals surface area contributed by atoms with E-state index in [1.165, 1.54) is 0 Å². The van der Waals surface area contributed by atoms with Crippen molar-refractivity contribution in [2.24, 2.45) is 11.8 Å². The molecule has 1 saturated heterocycles. The molecule has 1 aliphatic carbocycles. The first kappa shape index (κ1) is 22.1. The van der Waals surface area contributed by atoms with Crippen molar-refractivity contribution in [3.63, 3.8) is 0 Å². The molecule has 2 fully saturated rings. The Labute approximate surface area is 162 Å². The Hall–Kier alpha value is -0.170. The van der Waals surface area contributed by atoms with Gasteiger partial charge in [0, 0.05) is 25.2 Å². The second kappa shape index (κ2) is 9.85. The second-order valence-electron chi connectivity index (χ2n) is 9.00. The summed E-state index contributed by atoms with van der Waals surface area (Å²) in [4.78, 5) is 2.43. The van der Waals surface area contributed by atoms with E-state index in [0.29, 0.717) is 24.9 Å². The van der Waals surface area contributed by atoms with Crippen LogP contribution in [0.25, 0.3) is 0 Å². The SMILES string of the molecule is CCN1CCC(N(C2CC2)S(=O)(=O)N(CCC(C)C)CCC(C)C)CC1. The molecule has 26 heavy (non-hydrogen) atoms. The highest BCUT2D eigenvalue weighted by molar-refractivity contribution is 7.86. The van der Waals surface area contributed by atoms with Crippen LogP contribution >= 0.6 is 0 Å². The number of hydrogen-bond donors (Lipinski definition) is 0. The van der Waals surface area contributed by atoms with Crippen molar-refractivity contribution in [2.45, 2.75) is 85.2 Å². The molecule has 0 aromatic heterocycles. The third-order valence-corrected chi connectivity index (χ3v) is 7.92. The van der Waals surface area contributed by atoms with Crippen LogP contribution in [0.5, 0.6) is 0 Å². The smallest absolute Gasteiger partial charge is 0.282 e. The zero-order valence-electron chi connectivity index (χ0n) is 17.7. The summed E-state index contributed by atoms with van der Waals surface area (Å²) in [6, 6.07) is 0.440. The van der Waals surface area contributed by atoms with E-state index in [1.807, 2.05) is 4.31 Å². The molecule has 0 N–H and O–H groups in total. The summed E-state index contributed by atoms with van der Waals surface area (Å²) in [7, 11) is -3.37. The van der Waals surface area contributed by atoms with E-state index in [-0.39, 0.29) is 12.1 Å². The Morgan fingerprint density at radius 2 is 1.35 bits per heavy atom. The van der Waals surface area contributed by atoms with Crippen molar-refractivity contribution < 1.29 is 8.42 Å². The molecule has 2 aliphatic rings. The van der Waals surface area contributed by atoms with Gasteiger partial charge in [0.05, 0.1) is 0 Å². The Balaban J connectivity index is 2.13. The molecular formula is C20H41N3O2S. The van der Waals surface area contributed by atoms with Crippen molar-refractivity contribution in [2.75, 3.05) is 32.7 Å². The van der Waals surface area contributed by atoms with Crippen LogP contribution < -0.4 is 0 Å². The zero-order chi connectivity index (χ0) is 19.3. The van der Waals surface area contributed by atoms with Crippen molar-refractivity contribution >= 4 is 10.2 Å². The van der Waals surface area contributed by atoms with Gasteiger partial charge in [-0.3, -0.25) is 0 Å². The normalized spacial score (nSPS) is 20.8. The summed E-state index contributed by atoms with van der Waals surface area (Å²) in [6.45, 7) is 15.3. The van der Waals surface area contributed by atoms with Crippen LogP contribution in [-0.4, -0.2) is 66.7 Å². The molecule has 0 atom stereocenters. The Morgan fingerprint density at radius 3 is 1.73 bits per heavy atom. The van der Waals surface area contributed by atoms with E-state index in [9.17, 15) is 8.42 Å². The van der Waals surface area contributed by atoms with Gasteiger partial charge >= 0.3 is 0 Å². The van der Waals surface area contributed by atoms with Crippen LogP contribution in [0.1, 0.15) is 73.1 Å². The topological polar surface area (TPSA) is 43.9 Å². The molecule has 1 aliphatic heterocycles. The quantitative estimate of drug-likeness (QED) is 0.544. The van der Waals surface area contributed by atoms with Crippen molar-refractivity contribution in [1.82, 2.24) is 13.5 Å². The highest BCUT2D eigenvalue weighted by Gasteiger charge is 2.44. The number of rotatable bonds is 11. The van der Waals surface area contributed by atoms with Crippen LogP contribution in [0.2, 0.25) is 0 Å². The number of hydrogen-bond acceptors (Lipinski definition) is 3. The lowest BCUT2D eigenvalue weighted by atomic mass is 10.1. The molecule has 0 bridgehead atoms. The van der Waals surface area contributed by atoms with Gasteiger partial charge in [-0.15, -0.1) is 0 Å². The van der Waals surface area contributed by atoms with E-state index in [4.69, 9.17) is 0 Å². The Morgan fingerprint density at radius 1 is 0.885 bits per heavy atom. The molecule has 0 aromatic rings. The predicted molar refractivity (Wildman–Crippen MR) is 109 cm³/mol. The fourth-order valence-electron chi connectivity index (χ4n) is 3.77. The molecule has 0 spiro atoms. The lowest BCUT2D eigenvalue weighted by molar-refractivity contribution is 0.154. The number of likely N-dealkylation sites (tertiary alicyclic amines) is 1. The summed E-state index contributed by atoms with van der Waals surface area (Å²) >= 11 is 0. The second-order valence-corrected chi connectivity index (χ2v) is 10.8. The van der Waals surface area contributed by atoms with E-state index in [0.717, 1.165) is 58.2 Å². The zero-order valence-corrected chi connectivity index (χ0v) is 18.5. The van der Waals surface area contributed by atoms with E-state index in [2.05, 4.69) is 39.5 Å². The Bertz CT molecular complexity index is 497. The molecule has 0 unspecified atom stereocenters. The largest absolute Gasteiger partial charge is 0.303 e. The molecule has 0 aromatic carbocycles. The van der Waals surface area contributed by atoms with Gasteiger partial charge in [-0.2, -0.15) is 17.0 Å². The van der Waals surface area contributed by atoms with E-state index in [1.54, 1.807) is 4.31 Å². The van der Waals surface area contributed by atoms with Crippen LogP contribution in [0.3, 0.4) is 0 Å². The fourth-order valence-corrected chi connectivity index (χ4v) is 5.89. The summed E-state index contributed by atoms with van der Waals surface area (Å²) in [5.41, 5.74) is 0. The predicted octanol–water partition coefficient (Wildman–Crippen LogP) is 3.57. The summed E-state index contributed by atoms with van der Waals surface area (Å²) in [5.74, 6) is 1.04. The van der Waals surface area contributed by atoms with Gasteiger partial charge < -0.3 is 4.90 Å². The standard InChI is InChI=1S/C20H41N3O2S/c1-6-21-13-11-20(12-14-21)23(19-7-8-19)26(24,25)22(15-9-17(2)3)16-10-18(4)5/h17-20H,6-16H2,1-5H3. The third-order valence-electron chi connectivity index (χ3n) is 5.78. The minimum atomic E-state index is -3.37. The van der Waals surface area contributed by atoms with Gasteiger partial charge in [0.25, 0.3) is 10.2 Å². The summed E-state index contributed by atoms with van der Waals surface area (Å²) < 4.78 is 31.0. The van der Waals surface area contributed by atoms with E-state index >= 15 is 0 Å². The molecular weight excluding hydrogens is 346 g/mol. The van der Waals surface area contributed by atoms with Crippen LogP contribution in [0, 0.1) is 11.8 Å². The molecule has 5 nitrogen and oxygen atoms in total. The number of nitrogens with zero attached hydrogens (tertiary/aromatic N) is 3. The highest BCUT2D eigenvalue weighted by atomic mass is 32.2. The molecule has 1 saturated carbocycles. The van der Waals surface area contributed by atoms with Gasteiger partial charge in [-0.25, -0.2) is 0 Å². The maximum atomic E-state index is 13.6.